The third-order valence-corrected chi connectivity index (χ3v) is 6.85. The Balaban J connectivity index is 1.51. The van der Waals surface area contributed by atoms with E-state index in [0.29, 0.717) is 30.8 Å². The zero-order chi connectivity index (χ0) is 23.5. The van der Waals surface area contributed by atoms with Crippen molar-refractivity contribution >= 4 is 38.2 Å². The average Bonchev–Trinajstić information content (AvgIpc) is 3.12. The van der Waals surface area contributed by atoms with Gasteiger partial charge in [-0.2, -0.15) is 0 Å². The molecule has 5 nitrogen and oxygen atoms in total. The van der Waals surface area contributed by atoms with E-state index in [1.54, 1.807) is 17.7 Å². The number of piperidine rings is 1. The van der Waals surface area contributed by atoms with Gasteiger partial charge in [0.05, 0.1) is 6.19 Å². The number of hydrogen-bond donors (Lipinski definition) is 1. The van der Waals surface area contributed by atoms with E-state index < -0.39 is 7.05 Å². The number of amides is 1. The molecule has 2 aliphatic rings. The molecule has 2 aliphatic heterocycles. The summed E-state index contributed by atoms with van der Waals surface area (Å²) < 4.78 is 14.2. The predicted molar refractivity (Wildman–Crippen MR) is 131 cm³/mol. The maximum absolute atomic E-state index is 14.2. The number of nitrogens with zero attached hydrogens (tertiary/aromatic N) is 2. The highest BCUT2D eigenvalue weighted by Gasteiger charge is 2.40. The van der Waals surface area contributed by atoms with Crippen LogP contribution in [0.5, 0.6) is 0 Å². The number of benzene rings is 2. The molecule has 33 heavy (non-hydrogen) atoms. The minimum absolute atomic E-state index is 0.0912. The first-order valence-electron chi connectivity index (χ1n) is 11.3. The van der Waals surface area contributed by atoms with Crippen molar-refractivity contribution in [2.24, 2.45) is 0 Å². The molecule has 2 fully saturated rings. The molecule has 170 valence electrons. The van der Waals surface area contributed by atoms with Crippen molar-refractivity contribution < 1.29 is 19.0 Å². The van der Waals surface area contributed by atoms with E-state index in [9.17, 15) is 19.0 Å². The van der Waals surface area contributed by atoms with Gasteiger partial charge in [0.15, 0.2) is 0 Å². The Bertz CT molecular complexity index is 1070. The van der Waals surface area contributed by atoms with Crippen LogP contribution in [0.3, 0.4) is 0 Å². The Hall–Kier alpha value is -2.41. The molecule has 4 rings (SSSR count). The number of hydrogen-bond acceptors (Lipinski definition) is 4. The molecule has 0 saturated carbocycles. The normalized spacial score (nSPS) is 19.2. The molecule has 9 heteroatoms. The number of halogens is 2. The molecule has 1 N–H and O–H groups in total. The molecule has 0 radical (unpaired) electrons. The minimum atomic E-state index is -0.879. The first-order valence-corrected chi connectivity index (χ1v) is 11.7. The molecule has 0 unspecified atom stereocenters. The van der Waals surface area contributed by atoms with E-state index in [1.807, 2.05) is 24.3 Å². The van der Waals surface area contributed by atoms with E-state index in [-0.39, 0.29) is 17.8 Å². The van der Waals surface area contributed by atoms with Gasteiger partial charge < -0.3 is 19.4 Å². The van der Waals surface area contributed by atoms with Gasteiger partial charge in [-0.3, -0.25) is 4.79 Å². The summed E-state index contributed by atoms with van der Waals surface area (Å²) in [4.78, 5) is 27.6. The second-order valence-electron chi connectivity index (χ2n) is 8.78. The monoisotopic (exact) mass is 466 g/mol. The summed E-state index contributed by atoms with van der Waals surface area (Å²) in [7, 11) is -0.454. The smallest absolute Gasteiger partial charge is 0.412 e. The lowest BCUT2D eigenvalue weighted by molar-refractivity contribution is -0.122. The van der Waals surface area contributed by atoms with Crippen LogP contribution in [0.4, 0.5) is 4.39 Å². The standard InChI is InChI=1S/C24H26B2ClFN2O3/c1-26(33)30-20(14-22(24(30)32)18-8-10-29(11-9-18)25-15-31)12-16-2-4-17(5-3-16)21-13-19(27)6-7-23(21)28/h2-7,13,15,20,25,33H,8-12,14H2,1H3/t20-/m1/s1. The van der Waals surface area contributed by atoms with E-state index in [2.05, 4.69) is 4.81 Å². The molecule has 2 aromatic rings. The largest absolute Gasteiger partial charge is 0.432 e. The molecule has 0 spiro atoms. The van der Waals surface area contributed by atoms with Gasteiger partial charge in [0.2, 0.25) is 5.91 Å². The first-order chi connectivity index (χ1) is 15.9. The second-order valence-corrected chi connectivity index (χ2v) is 9.21. The number of carbonyl (C=O) groups is 2. The SMILES string of the molecule is CB(O)N1C(=O)C(=C2CCN(BC=O)CC2)C[C@H]1Cc1ccc(-c2cc(Cl)ccc2F)cc1. The highest BCUT2D eigenvalue weighted by Crippen LogP contribution is 2.34. The Morgan fingerprint density at radius 2 is 1.91 bits per heavy atom. The fourth-order valence-electron chi connectivity index (χ4n) is 4.91. The lowest BCUT2D eigenvalue weighted by atomic mass is 9.83. The van der Waals surface area contributed by atoms with Gasteiger partial charge in [0.25, 0.3) is 7.41 Å². The predicted octanol–water partition coefficient (Wildman–Crippen LogP) is 3.33. The van der Waals surface area contributed by atoms with Gasteiger partial charge in [0.1, 0.15) is 5.82 Å². The molecule has 0 aromatic heterocycles. The Morgan fingerprint density at radius 1 is 1.21 bits per heavy atom. The van der Waals surface area contributed by atoms with Crippen molar-refractivity contribution in [2.75, 3.05) is 13.1 Å². The fraction of sp³-hybridized carbons (Fsp3) is 0.333. The quantitative estimate of drug-likeness (QED) is 0.403. The van der Waals surface area contributed by atoms with Crippen LogP contribution < -0.4 is 0 Å². The van der Waals surface area contributed by atoms with Crippen LogP contribution in [0, 0.1) is 5.82 Å². The van der Waals surface area contributed by atoms with Crippen LogP contribution >= 0.6 is 11.6 Å². The molecule has 0 bridgehead atoms. The Labute approximate surface area is 199 Å². The van der Waals surface area contributed by atoms with Crippen molar-refractivity contribution in [2.45, 2.75) is 38.5 Å². The van der Waals surface area contributed by atoms with Crippen molar-refractivity contribution in [3.05, 3.63) is 70.0 Å². The van der Waals surface area contributed by atoms with Crippen molar-refractivity contribution in [1.82, 2.24) is 9.62 Å². The van der Waals surface area contributed by atoms with E-state index in [1.165, 1.54) is 12.1 Å². The Morgan fingerprint density at radius 3 is 2.55 bits per heavy atom. The van der Waals surface area contributed by atoms with Crippen molar-refractivity contribution in [3.63, 3.8) is 0 Å². The minimum Gasteiger partial charge on any atom is -0.432 e. The van der Waals surface area contributed by atoms with Gasteiger partial charge >= 0.3 is 7.05 Å². The van der Waals surface area contributed by atoms with Gasteiger partial charge in [-0.1, -0.05) is 41.4 Å². The number of carbonyl (C=O) groups excluding carboxylic acids is 2. The maximum Gasteiger partial charge on any atom is 0.412 e. The summed E-state index contributed by atoms with van der Waals surface area (Å²) in [6.45, 7) is 3.16. The van der Waals surface area contributed by atoms with Gasteiger partial charge in [-0.25, -0.2) is 4.39 Å². The summed E-state index contributed by atoms with van der Waals surface area (Å²) in [6.07, 6.45) is 3.65. The number of rotatable bonds is 6. The molecule has 1 atom stereocenters. The Kier molecular flexibility index (Phi) is 7.37. The van der Waals surface area contributed by atoms with Crippen molar-refractivity contribution in [3.8, 4) is 11.1 Å². The molecule has 2 saturated heterocycles. The molecule has 0 aliphatic carbocycles. The first kappa shape index (κ1) is 23.7. The van der Waals surface area contributed by atoms with Crippen LogP contribution in [0.2, 0.25) is 11.8 Å². The van der Waals surface area contributed by atoms with Gasteiger partial charge in [-0.05, 0) is 74.9 Å². The zero-order valence-electron chi connectivity index (χ0n) is 18.6. The third kappa shape index (κ3) is 5.24. The van der Waals surface area contributed by atoms with Gasteiger partial charge in [-0.15, -0.1) is 0 Å². The lowest BCUT2D eigenvalue weighted by Gasteiger charge is -2.27. The lowest BCUT2D eigenvalue weighted by Crippen LogP contribution is -2.44. The summed E-state index contributed by atoms with van der Waals surface area (Å²) >= 11 is 6.02. The maximum atomic E-state index is 14.2. The average molecular weight is 467 g/mol. The van der Waals surface area contributed by atoms with Crippen LogP contribution in [0.15, 0.2) is 53.6 Å². The topological polar surface area (TPSA) is 60.9 Å². The zero-order valence-corrected chi connectivity index (χ0v) is 19.4. The van der Waals surface area contributed by atoms with Crippen LogP contribution in [-0.2, 0) is 16.0 Å². The fourth-order valence-corrected chi connectivity index (χ4v) is 5.08. The van der Waals surface area contributed by atoms with Crippen LogP contribution in [0.25, 0.3) is 11.1 Å². The van der Waals surface area contributed by atoms with E-state index in [4.69, 9.17) is 11.6 Å². The molecular formula is C24H26B2ClFN2O3. The van der Waals surface area contributed by atoms with E-state index >= 15 is 0 Å². The molecule has 2 heterocycles. The van der Waals surface area contributed by atoms with Crippen molar-refractivity contribution in [1.29, 1.82) is 0 Å². The van der Waals surface area contributed by atoms with Crippen LogP contribution in [0.1, 0.15) is 24.8 Å². The highest BCUT2D eigenvalue weighted by molar-refractivity contribution is 6.64. The highest BCUT2D eigenvalue weighted by atomic mass is 35.5. The summed E-state index contributed by atoms with van der Waals surface area (Å²) in [5.41, 5.74) is 4.14. The molecule has 1 amide bonds. The summed E-state index contributed by atoms with van der Waals surface area (Å²) in [6, 6.07) is 11.9. The molecule has 2 aromatic carbocycles. The van der Waals surface area contributed by atoms with Gasteiger partial charge in [0, 0.05) is 22.2 Å². The second kappa shape index (κ2) is 10.2. The third-order valence-electron chi connectivity index (χ3n) is 6.61. The summed E-state index contributed by atoms with van der Waals surface area (Å²) in [5.74, 6) is -0.421. The molecular weight excluding hydrogens is 440 g/mol. The summed E-state index contributed by atoms with van der Waals surface area (Å²) in [5, 5.41) is 10.8. The van der Waals surface area contributed by atoms with Crippen LogP contribution in [-0.4, -0.2) is 60.3 Å². The van der Waals surface area contributed by atoms with E-state index in [0.717, 1.165) is 54.4 Å².